The van der Waals surface area contributed by atoms with E-state index in [-0.39, 0.29) is 5.75 Å². The van der Waals surface area contributed by atoms with Crippen molar-refractivity contribution >= 4 is 38.5 Å². The Kier molecular flexibility index (Phi) is 4.65. The van der Waals surface area contributed by atoms with Gasteiger partial charge in [-0.3, -0.25) is 0 Å². The molecule has 0 bridgehead atoms. The molecule has 0 aliphatic carbocycles. The Labute approximate surface area is 112 Å². The minimum Gasteiger partial charge on any atom is -0.491 e. The molecule has 0 radical (unpaired) electrons. The van der Waals surface area contributed by atoms with Crippen LogP contribution in [0, 0.1) is 3.70 Å². The number of nitrogens with zero attached hydrogens (tertiary/aromatic N) is 1. The van der Waals surface area contributed by atoms with Gasteiger partial charge in [-0.15, -0.1) is 13.2 Å². The Morgan fingerprint density at radius 3 is 2.56 bits per heavy atom. The van der Waals surface area contributed by atoms with E-state index in [0.717, 1.165) is 5.56 Å². The van der Waals surface area contributed by atoms with Gasteiger partial charge in [0.15, 0.2) is 5.75 Å². The zero-order valence-corrected chi connectivity index (χ0v) is 11.7. The summed E-state index contributed by atoms with van der Waals surface area (Å²) in [5, 5.41) is 0.473. The van der Waals surface area contributed by atoms with Gasteiger partial charge in [0, 0.05) is 5.33 Å². The van der Waals surface area contributed by atoms with Crippen molar-refractivity contribution in [1.82, 2.24) is 4.98 Å². The molecule has 8 heteroatoms. The van der Waals surface area contributed by atoms with Crippen molar-refractivity contribution in [3.63, 3.8) is 0 Å². The van der Waals surface area contributed by atoms with Gasteiger partial charge in [-0.05, 0) is 34.2 Å². The van der Waals surface area contributed by atoms with Gasteiger partial charge in [0.05, 0.1) is 7.11 Å². The van der Waals surface area contributed by atoms with Gasteiger partial charge >= 0.3 is 6.36 Å². The lowest BCUT2D eigenvalue weighted by atomic mass is 10.3. The van der Waals surface area contributed by atoms with Gasteiger partial charge < -0.3 is 9.47 Å². The molecule has 3 nitrogen and oxygen atoms in total. The average molecular weight is 412 g/mol. The van der Waals surface area contributed by atoms with Crippen LogP contribution >= 0.6 is 38.5 Å². The van der Waals surface area contributed by atoms with Gasteiger partial charge in [0.1, 0.15) is 3.70 Å². The molecule has 0 N–H and O–H groups in total. The highest BCUT2D eigenvalue weighted by atomic mass is 127. The molecule has 0 fully saturated rings. The molecule has 0 aliphatic rings. The Balaban J connectivity index is 3.13. The van der Waals surface area contributed by atoms with Crippen molar-refractivity contribution in [3.05, 3.63) is 15.3 Å². The van der Waals surface area contributed by atoms with E-state index in [1.54, 1.807) is 0 Å². The number of pyridine rings is 1. The average Bonchev–Trinajstić information content (AvgIpc) is 2.16. The quantitative estimate of drug-likeness (QED) is 0.433. The first-order valence-corrected chi connectivity index (χ1v) is 6.12. The van der Waals surface area contributed by atoms with Crippen LogP contribution in [0.4, 0.5) is 13.2 Å². The highest BCUT2D eigenvalue weighted by Crippen LogP contribution is 2.32. The van der Waals surface area contributed by atoms with Crippen LogP contribution in [0.5, 0.6) is 11.6 Å². The molecule has 0 aliphatic heterocycles. The van der Waals surface area contributed by atoms with Gasteiger partial charge in [-0.1, -0.05) is 15.9 Å². The number of hydrogen-bond acceptors (Lipinski definition) is 3. The predicted molar refractivity (Wildman–Crippen MR) is 62.8 cm³/mol. The first-order valence-electron chi connectivity index (χ1n) is 3.92. The first kappa shape index (κ1) is 13.8. The zero-order chi connectivity index (χ0) is 12.3. The monoisotopic (exact) mass is 411 g/mol. The fraction of sp³-hybridized carbons (Fsp3) is 0.375. The molecule has 0 saturated carbocycles. The molecule has 16 heavy (non-hydrogen) atoms. The number of rotatable bonds is 3. The first-order chi connectivity index (χ1) is 7.37. The van der Waals surface area contributed by atoms with Crippen molar-refractivity contribution in [2.75, 3.05) is 7.11 Å². The maximum Gasteiger partial charge on any atom is 0.574 e. The lowest BCUT2D eigenvalue weighted by molar-refractivity contribution is -0.276. The van der Waals surface area contributed by atoms with Crippen LogP contribution in [0.15, 0.2) is 6.07 Å². The lowest BCUT2D eigenvalue weighted by Crippen LogP contribution is -2.19. The van der Waals surface area contributed by atoms with E-state index in [0.29, 0.717) is 9.03 Å². The van der Waals surface area contributed by atoms with Crippen LogP contribution in [0.2, 0.25) is 0 Å². The summed E-state index contributed by atoms with van der Waals surface area (Å²) in [5.74, 6) is -0.628. The van der Waals surface area contributed by atoms with Crippen LogP contribution in [0.1, 0.15) is 5.56 Å². The lowest BCUT2D eigenvalue weighted by Gasteiger charge is -2.12. The molecular formula is C8H6BrF3INO2. The summed E-state index contributed by atoms with van der Waals surface area (Å²) >= 11 is 5.02. The SMILES string of the molecule is COc1cc(CBr)c(I)nc1OC(F)(F)F. The minimum atomic E-state index is -4.78. The Morgan fingerprint density at radius 2 is 2.12 bits per heavy atom. The molecule has 1 aromatic rings. The summed E-state index contributed by atoms with van der Waals surface area (Å²) in [6, 6.07) is 1.45. The second-order valence-corrected chi connectivity index (χ2v) is 4.21. The van der Waals surface area contributed by atoms with E-state index < -0.39 is 12.2 Å². The molecule has 0 spiro atoms. The number of methoxy groups -OCH3 is 1. The second-order valence-electron chi connectivity index (χ2n) is 2.63. The minimum absolute atomic E-state index is 0.0489. The van der Waals surface area contributed by atoms with E-state index in [2.05, 4.69) is 25.7 Å². The third-order valence-electron chi connectivity index (χ3n) is 1.56. The van der Waals surface area contributed by atoms with Gasteiger partial charge in [-0.2, -0.15) is 0 Å². The second kappa shape index (κ2) is 5.39. The summed E-state index contributed by atoms with van der Waals surface area (Å²) in [5.41, 5.74) is 0.729. The third-order valence-corrected chi connectivity index (χ3v) is 3.10. The normalized spacial score (nSPS) is 11.4. The van der Waals surface area contributed by atoms with Crippen molar-refractivity contribution in [2.45, 2.75) is 11.7 Å². The fourth-order valence-electron chi connectivity index (χ4n) is 0.918. The Morgan fingerprint density at radius 1 is 1.50 bits per heavy atom. The Bertz CT molecular complexity index is 386. The standard InChI is InChI=1S/C8H6BrF3INO2/c1-15-5-2-4(3-9)6(13)14-7(5)16-8(10,11)12/h2H,3H2,1H3. The highest BCUT2D eigenvalue weighted by molar-refractivity contribution is 14.1. The molecule has 1 aromatic heterocycles. The van der Waals surface area contributed by atoms with Crippen molar-refractivity contribution in [1.29, 1.82) is 0 Å². The predicted octanol–water partition coefficient (Wildman–Crippen LogP) is 3.49. The topological polar surface area (TPSA) is 31.4 Å². The maximum absolute atomic E-state index is 12.0. The number of halogens is 5. The van der Waals surface area contributed by atoms with Gasteiger partial charge in [0.25, 0.3) is 5.88 Å². The summed E-state index contributed by atoms with van der Waals surface area (Å²) in [6.07, 6.45) is -4.78. The van der Waals surface area contributed by atoms with Crippen LogP contribution in [-0.4, -0.2) is 18.5 Å². The number of alkyl halides is 4. The van der Waals surface area contributed by atoms with Gasteiger partial charge in [0.2, 0.25) is 0 Å². The number of ether oxygens (including phenoxy) is 2. The summed E-state index contributed by atoms with van der Waals surface area (Å²) in [6.45, 7) is 0. The molecule has 0 amide bonds. The van der Waals surface area contributed by atoms with E-state index in [9.17, 15) is 13.2 Å². The van der Waals surface area contributed by atoms with Crippen LogP contribution < -0.4 is 9.47 Å². The van der Waals surface area contributed by atoms with Crippen molar-refractivity contribution < 1.29 is 22.6 Å². The molecule has 0 aromatic carbocycles. The van der Waals surface area contributed by atoms with E-state index in [1.807, 2.05) is 22.6 Å². The third kappa shape index (κ3) is 3.65. The van der Waals surface area contributed by atoms with E-state index in [1.165, 1.54) is 13.2 Å². The zero-order valence-electron chi connectivity index (χ0n) is 7.94. The fourth-order valence-corrected chi connectivity index (χ4v) is 2.44. The van der Waals surface area contributed by atoms with Crippen LogP contribution in [0.3, 0.4) is 0 Å². The molecule has 90 valence electrons. The van der Waals surface area contributed by atoms with Crippen molar-refractivity contribution in [2.24, 2.45) is 0 Å². The number of hydrogen-bond donors (Lipinski definition) is 0. The molecule has 1 rings (SSSR count). The van der Waals surface area contributed by atoms with Crippen molar-refractivity contribution in [3.8, 4) is 11.6 Å². The summed E-state index contributed by atoms with van der Waals surface area (Å²) < 4.78 is 45.1. The molecule has 0 atom stereocenters. The number of aromatic nitrogens is 1. The highest BCUT2D eigenvalue weighted by Gasteiger charge is 2.33. The van der Waals surface area contributed by atoms with Crippen LogP contribution in [-0.2, 0) is 5.33 Å². The largest absolute Gasteiger partial charge is 0.574 e. The summed E-state index contributed by atoms with van der Waals surface area (Å²) in [4.78, 5) is 3.69. The summed E-state index contributed by atoms with van der Waals surface area (Å²) in [7, 11) is 1.26. The maximum atomic E-state index is 12.0. The van der Waals surface area contributed by atoms with Crippen LogP contribution in [0.25, 0.3) is 0 Å². The Hall–Kier alpha value is -0.250. The smallest absolute Gasteiger partial charge is 0.491 e. The molecule has 1 heterocycles. The van der Waals surface area contributed by atoms with E-state index in [4.69, 9.17) is 4.74 Å². The molecule has 0 unspecified atom stereocenters. The molecular weight excluding hydrogens is 406 g/mol. The van der Waals surface area contributed by atoms with Gasteiger partial charge in [-0.25, -0.2) is 4.98 Å². The molecule has 0 saturated heterocycles. The van der Waals surface area contributed by atoms with E-state index >= 15 is 0 Å².